The summed E-state index contributed by atoms with van der Waals surface area (Å²) in [6.45, 7) is 0.456. The molecule has 0 spiro atoms. The second-order valence-electron chi connectivity index (χ2n) is 6.86. The van der Waals surface area contributed by atoms with E-state index in [2.05, 4.69) is 15.6 Å². The molecule has 2 aromatic rings. The van der Waals surface area contributed by atoms with Gasteiger partial charge in [0.15, 0.2) is 0 Å². The average molecular weight is 404 g/mol. The first-order valence-corrected chi connectivity index (χ1v) is 9.09. The Morgan fingerprint density at radius 3 is 2.76 bits per heavy atom. The van der Waals surface area contributed by atoms with Gasteiger partial charge in [0.2, 0.25) is 0 Å². The maximum atomic E-state index is 12.9. The first-order chi connectivity index (χ1) is 13.8. The van der Waals surface area contributed by atoms with Crippen molar-refractivity contribution in [2.45, 2.75) is 31.5 Å². The summed E-state index contributed by atoms with van der Waals surface area (Å²) in [6, 6.07) is 7.45. The fraction of sp³-hybridized carbons (Fsp3) is 0.350. The molecule has 3 rings (SSSR count). The van der Waals surface area contributed by atoms with Crippen molar-refractivity contribution in [3.8, 4) is 6.07 Å². The molecule has 29 heavy (non-hydrogen) atoms. The van der Waals surface area contributed by atoms with Crippen LogP contribution in [0.15, 0.2) is 36.5 Å². The van der Waals surface area contributed by atoms with E-state index in [1.807, 2.05) is 0 Å². The molecule has 0 aliphatic heterocycles. The molecular weight excluding hydrogens is 385 g/mol. The quantitative estimate of drug-likeness (QED) is 0.704. The van der Waals surface area contributed by atoms with E-state index in [1.54, 1.807) is 6.07 Å². The van der Waals surface area contributed by atoms with Gasteiger partial charge in [-0.3, -0.25) is 4.79 Å². The monoisotopic (exact) mass is 404 g/mol. The molecule has 1 fully saturated rings. The van der Waals surface area contributed by atoms with Crippen molar-refractivity contribution in [3.05, 3.63) is 53.2 Å². The van der Waals surface area contributed by atoms with Crippen LogP contribution in [0.25, 0.3) is 0 Å². The van der Waals surface area contributed by atoms with Gasteiger partial charge in [0.05, 0.1) is 28.9 Å². The number of nitriles is 1. The average Bonchev–Trinajstić information content (AvgIpc) is 3.10. The molecule has 1 heterocycles. The van der Waals surface area contributed by atoms with E-state index in [0.717, 1.165) is 37.5 Å². The Kier molecular flexibility index (Phi) is 6.03. The Morgan fingerprint density at radius 1 is 1.31 bits per heavy atom. The smallest absolute Gasteiger partial charge is 0.393 e. The Hall–Kier alpha value is -3.12. The van der Waals surface area contributed by atoms with Gasteiger partial charge in [-0.15, -0.1) is 0 Å². The third kappa shape index (κ3) is 4.84. The number of nitrogens with zero attached hydrogens (tertiary/aromatic N) is 2. The van der Waals surface area contributed by atoms with E-state index in [9.17, 15) is 23.1 Å². The molecule has 1 aromatic carbocycles. The highest BCUT2D eigenvalue weighted by atomic mass is 19.4. The summed E-state index contributed by atoms with van der Waals surface area (Å²) < 4.78 is 38.7. The number of rotatable bonds is 5. The van der Waals surface area contributed by atoms with Gasteiger partial charge in [0.1, 0.15) is 5.82 Å². The minimum Gasteiger partial charge on any atom is -0.393 e. The first kappa shape index (κ1) is 20.6. The number of carbonyl (C=O) groups is 1. The molecule has 9 heteroatoms. The fourth-order valence-corrected chi connectivity index (χ4v) is 3.37. The van der Waals surface area contributed by atoms with Crippen molar-refractivity contribution in [2.24, 2.45) is 5.92 Å². The van der Waals surface area contributed by atoms with Crippen molar-refractivity contribution in [1.29, 1.82) is 5.26 Å². The van der Waals surface area contributed by atoms with E-state index in [0.29, 0.717) is 12.4 Å². The summed E-state index contributed by atoms with van der Waals surface area (Å²) in [7, 11) is 0. The predicted molar refractivity (Wildman–Crippen MR) is 100 cm³/mol. The lowest BCUT2D eigenvalue weighted by Gasteiger charge is -2.17. The number of aliphatic hydroxyl groups is 1. The number of hydrogen-bond donors (Lipinski definition) is 3. The van der Waals surface area contributed by atoms with Crippen molar-refractivity contribution in [3.63, 3.8) is 0 Å². The van der Waals surface area contributed by atoms with Crippen LogP contribution in [0.2, 0.25) is 0 Å². The molecule has 0 unspecified atom stereocenters. The summed E-state index contributed by atoms with van der Waals surface area (Å²) >= 11 is 0. The summed E-state index contributed by atoms with van der Waals surface area (Å²) in [5, 5.41) is 24.5. The third-order valence-corrected chi connectivity index (χ3v) is 4.91. The lowest BCUT2D eigenvalue weighted by molar-refractivity contribution is -0.137. The van der Waals surface area contributed by atoms with Crippen LogP contribution in [-0.4, -0.2) is 28.6 Å². The zero-order chi connectivity index (χ0) is 21.0. The van der Waals surface area contributed by atoms with Crippen molar-refractivity contribution in [2.75, 3.05) is 17.2 Å². The van der Waals surface area contributed by atoms with Crippen LogP contribution >= 0.6 is 0 Å². The molecule has 3 N–H and O–H groups in total. The number of halogens is 3. The summed E-state index contributed by atoms with van der Waals surface area (Å²) in [6.07, 6.45) is -0.963. The SMILES string of the molecule is N#Cc1cc(NC(=O)c2cccnc2NC[C@@H]2CCC[C@H]2O)ccc1C(F)(F)F. The molecule has 2 atom stereocenters. The number of hydrogen-bond acceptors (Lipinski definition) is 5. The largest absolute Gasteiger partial charge is 0.417 e. The highest BCUT2D eigenvalue weighted by Crippen LogP contribution is 2.33. The summed E-state index contributed by atoms with van der Waals surface area (Å²) in [5.41, 5.74) is -1.36. The van der Waals surface area contributed by atoms with Gasteiger partial charge < -0.3 is 15.7 Å². The maximum absolute atomic E-state index is 12.9. The zero-order valence-electron chi connectivity index (χ0n) is 15.3. The number of nitrogens with one attached hydrogen (secondary N) is 2. The van der Waals surface area contributed by atoms with Crippen LogP contribution < -0.4 is 10.6 Å². The minimum absolute atomic E-state index is 0.0700. The van der Waals surface area contributed by atoms with Crippen molar-refractivity contribution >= 4 is 17.4 Å². The number of aromatic nitrogens is 1. The third-order valence-electron chi connectivity index (χ3n) is 4.91. The van der Waals surface area contributed by atoms with Gasteiger partial charge in [0, 0.05) is 24.3 Å². The molecule has 1 aliphatic rings. The normalized spacial score (nSPS) is 18.9. The molecule has 1 aromatic heterocycles. The second-order valence-corrected chi connectivity index (χ2v) is 6.86. The topological polar surface area (TPSA) is 98.0 Å². The minimum atomic E-state index is -4.65. The van der Waals surface area contributed by atoms with E-state index >= 15 is 0 Å². The zero-order valence-corrected chi connectivity index (χ0v) is 15.3. The predicted octanol–water partition coefficient (Wildman–Crippen LogP) is 3.80. The molecule has 6 nitrogen and oxygen atoms in total. The molecule has 0 saturated heterocycles. The number of anilines is 2. The van der Waals surface area contributed by atoms with Crippen molar-refractivity contribution < 1.29 is 23.1 Å². The Morgan fingerprint density at radius 2 is 2.10 bits per heavy atom. The summed E-state index contributed by atoms with van der Waals surface area (Å²) in [5.74, 6) is -0.186. The van der Waals surface area contributed by atoms with E-state index in [1.165, 1.54) is 18.3 Å². The van der Waals surface area contributed by atoms with Gasteiger partial charge in [-0.1, -0.05) is 6.42 Å². The molecule has 152 valence electrons. The maximum Gasteiger partial charge on any atom is 0.417 e. The van der Waals surface area contributed by atoms with Crippen molar-refractivity contribution in [1.82, 2.24) is 4.98 Å². The summed E-state index contributed by atoms with van der Waals surface area (Å²) in [4.78, 5) is 16.8. The number of amides is 1. The van der Waals surface area contributed by atoms with Crippen LogP contribution in [-0.2, 0) is 6.18 Å². The molecule has 0 radical (unpaired) electrons. The Balaban J connectivity index is 1.75. The van der Waals surface area contributed by atoms with Gasteiger partial charge >= 0.3 is 6.18 Å². The molecule has 1 saturated carbocycles. The molecule has 1 aliphatic carbocycles. The molecule has 0 bridgehead atoms. The second kappa shape index (κ2) is 8.49. The number of benzene rings is 1. The molecule has 1 amide bonds. The number of carbonyl (C=O) groups excluding carboxylic acids is 1. The van der Waals surface area contributed by atoms with Crippen LogP contribution in [0.1, 0.15) is 40.7 Å². The number of pyridine rings is 1. The standard InChI is InChI=1S/C20H19F3N4O2/c21-20(22,23)16-7-6-14(9-13(16)10-24)27-19(29)15-4-2-8-25-18(15)26-11-12-3-1-5-17(12)28/h2,4,6-9,12,17,28H,1,3,5,11H2,(H,25,26)(H,27,29)/t12-,17+/m0/s1. The van der Waals surface area contributed by atoms with E-state index < -0.39 is 23.2 Å². The van der Waals surface area contributed by atoms with Gasteiger partial charge in [0.25, 0.3) is 5.91 Å². The fourth-order valence-electron chi connectivity index (χ4n) is 3.37. The van der Waals surface area contributed by atoms with E-state index in [-0.39, 0.29) is 23.3 Å². The van der Waals surface area contributed by atoms with Crippen LogP contribution in [0.4, 0.5) is 24.7 Å². The molecular formula is C20H19F3N4O2. The van der Waals surface area contributed by atoms with E-state index in [4.69, 9.17) is 5.26 Å². The number of aliphatic hydroxyl groups excluding tert-OH is 1. The highest BCUT2D eigenvalue weighted by molar-refractivity contribution is 6.07. The van der Waals surface area contributed by atoms with Crippen LogP contribution in [0.3, 0.4) is 0 Å². The van der Waals surface area contributed by atoms with Gasteiger partial charge in [-0.05, 0) is 43.2 Å². The Labute approximate surface area is 165 Å². The Bertz CT molecular complexity index is 940. The lowest BCUT2D eigenvalue weighted by atomic mass is 10.1. The highest BCUT2D eigenvalue weighted by Gasteiger charge is 2.33. The van der Waals surface area contributed by atoms with Gasteiger partial charge in [-0.2, -0.15) is 18.4 Å². The van der Waals surface area contributed by atoms with Crippen LogP contribution in [0.5, 0.6) is 0 Å². The van der Waals surface area contributed by atoms with Crippen LogP contribution in [0, 0.1) is 17.2 Å². The first-order valence-electron chi connectivity index (χ1n) is 9.09. The number of alkyl halides is 3. The van der Waals surface area contributed by atoms with Gasteiger partial charge in [-0.25, -0.2) is 4.98 Å². The lowest BCUT2D eigenvalue weighted by Crippen LogP contribution is -2.24.